The minimum absolute atomic E-state index is 0.172. The molecular weight excluding hydrogens is 353 g/mol. The molecule has 0 fully saturated rings. The van der Waals surface area contributed by atoms with Crippen LogP contribution in [0.15, 0.2) is 35.0 Å². The van der Waals surface area contributed by atoms with Crippen molar-refractivity contribution in [2.24, 2.45) is 0 Å². The fraction of sp³-hybridized carbons (Fsp3) is 0.222. The second-order valence-electron chi connectivity index (χ2n) is 5.90. The fourth-order valence-corrected chi connectivity index (χ4v) is 2.45. The highest BCUT2D eigenvalue weighted by Crippen LogP contribution is 2.31. The molecule has 0 aliphatic rings. The molecule has 27 heavy (non-hydrogen) atoms. The third-order valence-corrected chi connectivity index (χ3v) is 3.96. The van der Waals surface area contributed by atoms with Crippen molar-refractivity contribution < 1.29 is 18.4 Å². The minimum atomic E-state index is -0.834. The largest absolute Gasteiger partial charge is 0.441 e. The van der Waals surface area contributed by atoms with Crippen molar-refractivity contribution in [3.05, 3.63) is 53.4 Å². The standard InChI is InChI=1S/C18H18FN5O3/c1-9-13(20)6-7-14(22-9)16-15(10(2)24-27-16)23-18(25)26-11(3)12-5-4-8-21-17(12)19/h4-8,11H,20H2,1-3H3,(H,23,25). The molecule has 0 spiro atoms. The van der Waals surface area contributed by atoms with Gasteiger partial charge in [-0.3, -0.25) is 5.32 Å². The van der Waals surface area contributed by atoms with Crippen molar-refractivity contribution in [2.45, 2.75) is 26.9 Å². The lowest BCUT2D eigenvalue weighted by atomic mass is 10.2. The smallest absolute Gasteiger partial charge is 0.412 e. The molecule has 3 aromatic rings. The van der Waals surface area contributed by atoms with Crippen LogP contribution in [0, 0.1) is 19.8 Å². The van der Waals surface area contributed by atoms with E-state index >= 15 is 0 Å². The first-order valence-corrected chi connectivity index (χ1v) is 8.14. The van der Waals surface area contributed by atoms with E-state index in [1.165, 1.54) is 12.3 Å². The first-order chi connectivity index (χ1) is 12.9. The van der Waals surface area contributed by atoms with Crippen LogP contribution < -0.4 is 11.1 Å². The number of aryl methyl sites for hydroxylation is 2. The van der Waals surface area contributed by atoms with Crippen LogP contribution in [0.2, 0.25) is 0 Å². The van der Waals surface area contributed by atoms with Gasteiger partial charge in [-0.25, -0.2) is 14.8 Å². The number of pyridine rings is 2. The molecule has 0 aliphatic heterocycles. The number of aromatic nitrogens is 3. The Morgan fingerprint density at radius 3 is 2.78 bits per heavy atom. The summed E-state index contributed by atoms with van der Waals surface area (Å²) in [5, 5.41) is 6.44. The van der Waals surface area contributed by atoms with Gasteiger partial charge in [0, 0.05) is 11.8 Å². The molecule has 9 heteroatoms. The zero-order valence-corrected chi connectivity index (χ0v) is 15.0. The number of nitrogens with zero attached hydrogens (tertiary/aromatic N) is 3. The average Bonchev–Trinajstić information content (AvgIpc) is 2.98. The van der Waals surface area contributed by atoms with Crippen molar-refractivity contribution in [2.75, 3.05) is 11.1 Å². The van der Waals surface area contributed by atoms with E-state index < -0.39 is 18.1 Å². The lowest BCUT2D eigenvalue weighted by Gasteiger charge is -2.14. The molecule has 0 radical (unpaired) electrons. The quantitative estimate of drug-likeness (QED) is 0.670. The number of nitrogens with one attached hydrogen (secondary N) is 1. The summed E-state index contributed by atoms with van der Waals surface area (Å²) in [4.78, 5) is 20.2. The molecule has 0 saturated carbocycles. The predicted molar refractivity (Wildman–Crippen MR) is 96.3 cm³/mol. The van der Waals surface area contributed by atoms with Crippen LogP contribution in [-0.2, 0) is 4.74 Å². The number of hydrogen-bond donors (Lipinski definition) is 2. The van der Waals surface area contributed by atoms with Crippen LogP contribution in [0.3, 0.4) is 0 Å². The van der Waals surface area contributed by atoms with Crippen LogP contribution >= 0.6 is 0 Å². The van der Waals surface area contributed by atoms with Gasteiger partial charge in [-0.15, -0.1) is 0 Å². The molecule has 1 unspecified atom stereocenters. The number of anilines is 2. The Hall–Kier alpha value is -3.49. The van der Waals surface area contributed by atoms with Crippen molar-refractivity contribution in [3.63, 3.8) is 0 Å². The first kappa shape index (κ1) is 18.3. The molecule has 0 aliphatic carbocycles. The molecule has 1 atom stereocenters. The van der Waals surface area contributed by atoms with Gasteiger partial charge >= 0.3 is 6.09 Å². The zero-order chi connectivity index (χ0) is 19.6. The maximum Gasteiger partial charge on any atom is 0.412 e. The second kappa shape index (κ2) is 7.40. The van der Waals surface area contributed by atoms with Gasteiger partial charge in [-0.2, -0.15) is 4.39 Å². The fourth-order valence-electron chi connectivity index (χ4n) is 2.45. The summed E-state index contributed by atoms with van der Waals surface area (Å²) in [5.74, 6) is -0.422. The molecule has 0 aromatic carbocycles. The Morgan fingerprint density at radius 2 is 2.07 bits per heavy atom. The molecule has 0 saturated heterocycles. The summed E-state index contributed by atoms with van der Waals surface area (Å²) in [6, 6.07) is 6.41. The molecule has 8 nitrogen and oxygen atoms in total. The lowest BCUT2D eigenvalue weighted by molar-refractivity contribution is 0.118. The SMILES string of the molecule is Cc1nc(-c2onc(C)c2NC(=O)OC(C)c2cccnc2F)ccc1N. The van der Waals surface area contributed by atoms with Crippen LogP contribution in [0.25, 0.3) is 11.5 Å². The maximum absolute atomic E-state index is 13.7. The number of rotatable bonds is 4. The van der Waals surface area contributed by atoms with Gasteiger partial charge in [0.25, 0.3) is 0 Å². The van der Waals surface area contributed by atoms with Gasteiger partial charge < -0.3 is 15.0 Å². The van der Waals surface area contributed by atoms with Gasteiger partial charge in [0.1, 0.15) is 23.2 Å². The van der Waals surface area contributed by atoms with Gasteiger partial charge in [0.05, 0.1) is 11.4 Å². The third-order valence-electron chi connectivity index (χ3n) is 3.96. The number of nitrogens with two attached hydrogens (primary N) is 1. The molecule has 3 N–H and O–H groups in total. The van der Waals surface area contributed by atoms with E-state index in [0.717, 1.165) is 0 Å². The summed E-state index contributed by atoms with van der Waals surface area (Å²) < 4.78 is 24.3. The van der Waals surface area contributed by atoms with E-state index in [0.29, 0.717) is 28.5 Å². The second-order valence-corrected chi connectivity index (χ2v) is 5.90. The van der Waals surface area contributed by atoms with Crippen LogP contribution in [0.4, 0.5) is 20.6 Å². The monoisotopic (exact) mass is 371 g/mol. The molecule has 0 bridgehead atoms. The van der Waals surface area contributed by atoms with E-state index in [-0.39, 0.29) is 11.3 Å². The summed E-state index contributed by atoms with van der Waals surface area (Å²) in [5.41, 5.74) is 8.33. The molecule has 1 amide bonds. The Morgan fingerprint density at radius 1 is 1.30 bits per heavy atom. The summed E-state index contributed by atoms with van der Waals surface area (Å²) >= 11 is 0. The highest BCUT2D eigenvalue weighted by Gasteiger charge is 2.22. The molecular formula is C18H18FN5O3. The van der Waals surface area contributed by atoms with Crippen molar-refractivity contribution >= 4 is 17.5 Å². The van der Waals surface area contributed by atoms with Crippen LogP contribution in [-0.4, -0.2) is 21.2 Å². The van der Waals surface area contributed by atoms with E-state index in [4.69, 9.17) is 15.0 Å². The number of ether oxygens (including phenoxy) is 1. The van der Waals surface area contributed by atoms with Crippen molar-refractivity contribution in [3.8, 4) is 11.5 Å². The van der Waals surface area contributed by atoms with E-state index in [1.807, 2.05) is 0 Å². The summed E-state index contributed by atoms with van der Waals surface area (Å²) in [6.07, 6.45) is -0.301. The van der Waals surface area contributed by atoms with Crippen LogP contribution in [0.5, 0.6) is 0 Å². The van der Waals surface area contributed by atoms with Gasteiger partial charge in [-0.1, -0.05) is 5.16 Å². The van der Waals surface area contributed by atoms with Crippen molar-refractivity contribution in [1.82, 2.24) is 15.1 Å². The molecule has 3 aromatic heterocycles. The number of amides is 1. The average molecular weight is 371 g/mol. The summed E-state index contributed by atoms with van der Waals surface area (Å²) in [7, 11) is 0. The highest BCUT2D eigenvalue weighted by atomic mass is 19.1. The predicted octanol–water partition coefficient (Wildman–Crippen LogP) is 3.78. The number of nitrogen functional groups attached to an aromatic ring is 1. The Balaban J connectivity index is 1.79. The van der Waals surface area contributed by atoms with Gasteiger partial charge in [0.2, 0.25) is 11.7 Å². The van der Waals surface area contributed by atoms with E-state index in [9.17, 15) is 9.18 Å². The zero-order valence-electron chi connectivity index (χ0n) is 15.0. The topological polar surface area (TPSA) is 116 Å². The number of carbonyl (C=O) groups is 1. The Bertz CT molecular complexity index is 989. The Labute approximate surface area is 154 Å². The number of carbonyl (C=O) groups excluding carboxylic acids is 1. The summed E-state index contributed by atoms with van der Waals surface area (Å²) in [6.45, 7) is 4.97. The number of halogens is 1. The third kappa shape index (κ3) is 3.86. The molecule has 3 heterocycles. The van der Waals surface area contributed by atoms with E-state index in [1.54, 1.807) is 39.0 Å². The molecule has 3 rings (SSSR count). The number of hydrogen-bond acceptors (Lipinski definition) is 7. The molecule has 140 valence electrons. The minimum Gasteiger partial charge on any atom is -0.441 e. The highest BCUT2D eigenvalue weighted by molar-refractivity contribution is 5.90. The van der Waals surface area contributed by atoms with E-state index in [2.05, 4.69) is 20.4 Å². The van der Waals surface area contributed by atoms with Gasteiger partial charge in [-0.05, 0) is 45.0 Å². The lowest BCUT2D eigenvalue weighted by Crippen LogP contribution is -2.17. The first-order valence-electron chi connectivity index (χ1n) is 8.14. The Kier molecular flexibility index (Phi) is 5.02. The normalized spacial score (nSPS) is 11.9. The van der Waals surface area contributed by atoms with Crippen LogP contribution in [0.1, 0.15) is 30.0 Å². The maximum atomic E-state index is 13.7. The van der Waals surface area contributed by atoms with Crippen molar-refractivity contribution in [1.29, 1.82) is 0 Å². The van der Waals surface area contributed by atoms with Gasteiger partial charge in [0.15, 0.2) is 0 Å².